The second-order valence-corrected chi connectivity index (χ2v) is 6.48. The van der Waals surface area contributed by atoms with Gasteiger partial charge in [-0.2, -0.15) is 13.2 Å². The van der Waals surface area contributed by atoms with Gasteiger partial charge in [-0.1, -0.05) is 12.2 Å². The lowest BCUT2D eigenvalue weighted by Crippen LogP contribution is -2.58. The molecule has 0 amide bonds. The van der Waals surface area contributed by atoms with E-state index in [2.05, 4.69) is 10.2 Å². The summed E-state index contributed by atoms with van der Waals surface area (Å²) in [5.41, 5.74) is 0.137. The van der Waals surface area contributed by atoms with E-state index >= 15 is 0 Å². The highest BCUT2D eigenvalue weighted by atomic mass is 19.4. The Balaban J connectivity index is 1.58. The Morgan fingerprint density at radius 3 is 2.33 bits per heavy atom. The molecule has 2 heterocycles. The second kappa shape index (κ2) is 5.39. The summed E-state index contributed by atoms with van der Waals surface area (Å²) in [7, 11) is 0. The quantitative estimate of drug-likeness (QED) is 0.789. The Labute approximate surface area is 121 Å². The van der Waals surface area contributed by atoms with Crippen molar-refractivity contribution in [3.05, 3.63) is 23.3 Å². The molecular weight excluding hydrogens is 284 g/mol. The van der Waals surface area contributed by atoms with Gasteiger partial charge < -0.3 is 5.32 Å². The maximum Gasteiger partial charge on any atom is 0.412 e. The fraction of sp³-hybridized carbons (Fsp3) is 0.733. The minimum Gasteiger partial charge on any atom is -0.316 e. The zero-order valence-corrected chi connectivity index (χ0v) is 11.8. The molecule has 0 saturated carbocycles. The summed E-state index contributed by atoms with van der Waals surface area (Å²) >= 11 is 0. The molecule has 21 heavy (non-hydrogen) atoms. The van der Waals surface area contributed by atoms with Gasteiger partial charge in [-0.05, 0) is 36.9 Å². The third-order valence-corrected chi connectivity index (χ3v) is 4.99. The molecule has 1 unspecified atom stereocenters. The first-order chi connectivity index (χ1) is 9.88. The molecule has 0 aromatic carbocycles. The van der Waals surface area contributed by atoms with Crippen molar-refractivity contribution in [1.82, 2.24) is 10.2 Å². The number of nitrogens with zero attached hydrogens (tertiary/aromatic N) is 1. The van der Waals surface area contributed by atoms with Crippen LogP contribution in [-0.4, -0.2) is 50.0 Å². The largest absolute Gasteiger partial charge is 0.412 e. The number of alkyl halides is 4. The van der Waals surface area contributed by atoms with Crippen molar-refractivity contribution in [3.8, 4) is 0 Å². The normalized spacial score (nSPS) is 29.8. The van der Waals surface area contributed by atoms with Crippen LogP contribution in [0.15, 0.2) is 23.3 Å². The van der Waals surface area contributed by atoms with Gasteiger partial charge in [-0.3, -0.25) is 4.90 Å². The summed E-state index contributed by atoms with van der Waals surface area (Å²) in [6.07, 6.45) is -1.92. The number of nitrogens with one attached hydrogen (secondary N) is 1. The van der Waals surface area contributed by atoms with Gasteiger partial charge in [0.15, 0.2) is 0 Å². The third kappa shape index (κ3) is 3.16. The van der Waals surface area contributed by atoms with Crippen molar-refractivity contribution in [2.24, 2.45) is 5.41 Å². The molecule has 0 bridgehead atoms. The lowest BCUT2D eigenvalue weighted by molar-refractivity contribution is -0.0956. The van der Waals surface area contributed by atoms with Crippen LogP contribution >= 0.6 is 0 Å². The molecule has 3 rings (SSSR count). The van der Waals surface area contributed by atoms with E-state index in [1.165, 1.54) is 6.08 Å². The molecule has 1 N–H and O–H groups in total. The van der Waals surface area contributed by atoms with Crippen molar-refractivity contribution in [2.45, 2.75) is 31.6 Å². The van der Waals surface area contributed by atoms with Crippen LogP contribution in [0.25, 0.3) is 0 Å². The number of hydrogen-bond acceptors (Lipinski definition) is 2. The molecule has 1 aliphatic carbocycles. The summed E-state index contributed by atoms with van der Waals surface area (Å²) in [4.78, 5) is 2.16. The van der Waals surface area contributed by atoms with Crippen LogP contribution in [0.1, 0.15) is 19.3 Å². The highest BCUT2D eigenvalue weighted by Crippen LogP contribution is 2.37. The van der Waals surface area contributed by atoms with E-state index in [1.54, 1.807) is 0 Å². The van der Waals surface area contributed by atoms with Gasteiger partial charge in [-0.15, -0.1) is 0 Å². The lowest BCUT2D eigenvalue weighted by atomic mass is 9.73. The summed E-state index contributed by atoms with van der Waals surface area (Å²) in [5.74, 6) is 0. The molecule has 0 aromatic rings. The molecule has 6 heteroatoms. The Hall–Kier alpha value is -0.880. The van der Waals surface area contributed by atoms with Gasteiger partial charge in [0.2, 0.25) is 0 Å². The molecule has 0 aromatic heterocycles. The zero-order valence-electron chi connectivity index (χ0n) is 11.8. The molecule has 2 fully saturated rings. The number of hydrogen-bond donors (Lipinski definition) is 1. The van der Waals surface area contributed by atoms with Crippen LogP contribution in [0, 0.1) is 5.41 Å². The Bertz CT molecular complexity index is 453. The van der Waals surface area contributed by atoms with Crippen LogP contribution in [-0.2, 0) is 0 Å². The molecule has 2 nitrogen and oxygen atoms in total. The summed E-state index contributed by atoms with van der Waals surface area (Å²) in [6.45, 7) is 4.38. The Morgan fingerprint density at radius 2 is 1.86 bits per heavy atom. The van der Waals surface area contributed by atoms with Gasteiger partial charge in [0.05, 0.1) is 0 Å². The van der Waals surface area contributed by atoms with Crippen molar-refractivity contribution in [3.63, 3.8) is 0 Å². The van der Waals surface area contributed by atoms with Crippen molar-refractivity contribution >= 4 is 0 Å². The molecule has 118 valence electrons. The minimum atomic E-state index is -4.42. The predicted molar refractivity (Wildman–Crippen MR) is 72.7 cm³/mol. The van der Waals surface area contributed by atoms with E-state index < -0.39 is 24.3 Å². The summed E-state index contributed by atoms with van der Waals surface area (Å²) < 4.78 is 51.6. The van der Waals surface area contributed by atoms with Crippen molar-refractivity contribution in [1.29, 1.82) is 0 Å². The zero-order chi connectivity index (χ0) is 15.1. The maximum atomic E-state index is 14.0. The van der Waals surface area contributed by atoms with Crippen LogP contribution in [0.5, 0.6) is 0 Å². The lowest BCUT2D eigenvalue weighted by Gasteiger charge is -2.48. The van der Waals surface area contributed by atoms with Gasteiger partial charge in [0.25, 0.3) is 0 Å². The Kier molecular flexibility index (Phi) is 3.86. The van der Waals surface area contributed by atoms with E-state index in [-0.39, 0.29) is 0 Å². The highest BCUT2D eigenvalue weighted by molar-refractivity contribution is 5.31. The third-order valence-electron chi connectivity index (χ3n) is 4.99. The average molecular weight is 304 g/mol. The minimum absolute atomic E-state index is 0.427. The smallest absolute Gasteiger partial charge is 0.316 e. The first kappa shape index (κ1) is 15.0. The summed E-state index contributed by atoms with van der Waals surface area (Å²) in [5, 5.41) is 3.29. The van der Waals surface area contributed by atoms with Crippen LogP contribution in [0.4, 0.5) is 17.6 Å². The fourth-order valence-electron chi connectivity index (χ4n) is 3.34. The van der Waals surface area contributed by atoms with Gasteiger partial charge in [0.1, 0.15) is 6.17 Å². The van der Waals surface area contributed by atoms with Crippen LogP contribution in [0.3, 0.4) is 0 Å². The van der Waals surface area contributed by atoms with E-state index in [4.69, 9.17) is 0 Å². The van der Waals surface area contributed by atoms with Crippen LogP contribution in [0.2, 0.25) is 0 Å². The van der Waals surface area contributed by atoms with E-state index in [9.17, 15) is 17.6 Å². The van der Waals surface area contributed by atoms with E-state index in [0.29, 0.717) is 17.5 Å². The van der Waals surface area contributed by atoms with Crippen molar-refractivity contribution < 1.29 is 17.6 Å². The van der Waals surface area contributed by atoms with Gasteiger partial charge in [0, 0.05) is 31.6 Å². The molecule has 2 aliphatic heterocycles. The van der Waals surface area contributed by atoms with Gasteiger partial charge >= 0.3 is 6.18 Å². The first-order valence-corrected chi connectivity index (χ1v) is 7.42. The molecule has 2 saturated heterocycles. The maximum absolute atomic E-state index is 14.0. The molecular formula is C15H20F4N2. The molecule has 1 atom stereocenters. The number of rotatable bonds is 2. The second-order valence-electron chi connectivity index (χ2n) is 6.48. The topological polar surface area (TPSA) is 15.3 Å². The highest BCUT2D eigenvalue weighted by Gasteiger charge is 2.40. The van der Waals surface area contributed by atoms with Crippen LogP contribution < -0.4 is 5.32 Å². The first-order valence-electron chi connectivity index (χ1n) is 7.42. The number of allylic oxidation sites excluding steroid dienone is 3. The molecule has 1 spiro atoms. The van der Waals surface area contributed by atoms with Crippen molar-refractivity contribution in [2.75, 3.05) is 32.7 Å². The van der Waals surface area contributed by atoms with E-state index in [0.717, 1.165) is 45.1 Å². The number of piperidine rings is 1. The summed E-state index contributed by atoms with van der Waals surface area (Å²) in [6, 6.07) is 0. The fourth-order valence-corrected chi connectivity index (χ4v) is 3.34. The van der Waals surface area contributed by atoms with Gasteiger partial charge in [-0.25, -0.2) is 4.39 Å². The molecule has 3 aliphatic rings. The number of likely N-dealkylation sites (tertiary alicyclic amines) is 1. The standard InChI is InChI=1S/C15H20F4N2/c16-13-7-12(15(17,18)19)2-1-11(13)8-21-5-3-14(4-6-21)9-20-10-14/h1-2,13,20H,3-10H2. The monoisotopic (exact) mass is 304 g/mol. The van der Waals surface area contributed by atoms with E-state index in [1.807, 2.05) is 0 Å². The average Bonchev–Trinajstić information content (AvgIpc) is 2.39. The SMILES string of the molecule is FC1CC(C(F)(F)F)=CC=C1CN1CCC2(CC1)CNC2. The Morgan fingerprint density at radius 1 is 1.19 bits per heavy atom. The number of halogens is 4. The predicted octanol–water partition coefficient (Wildman–Crippen LogP) is 2.83. The molecule has 0 radical (unpaired) electrons.